The Kier molecular flexibility index (Phi) is 6.75. The number of unbranched alkanes of at least 4 members (excludes halogenated alkanes) is 5. The molecule has 1 aromatic carbocycles. The molecule has 0 unspecified atom stereocenters. The van der Waals surface area contributed by atoms with Gasteiger partial charge >= 0.3 is 17.6 Å². The van der Waals surface area contributed by atoms with Gasteiger partial charge in [-0.1, -0.05) is 39.0 Å². The number of nitrogens with one attached hydrogen (secondary N) is 2. The smallest absolute Gasteiger partial charge is 0.378 e. The number of aromatic amines is 1. The molecule has 0 atom stereocenters. The monoisotopic (exact) mass is 403 g/mol. The second-order valence-electron chi connectivity index (χ2n) is 6.31. The average molecular weight is 403 g/mol. The number of nitro benzene ring substituents is 2. The number of hydrogen-bond donors (Lipinski definition) is 2. The molecule has 0 saturated carbocycles. The Labute approximate surface area is 157 Å². The van der Waals surface area contributed by atoms with Gasteiger partial charge in [0.2, 0.25) is 5.82 Å². The SMILES string of the molecule is CCCCCCCCNc1c([N+](=O)[O-])cc([N+](=O)[O-])c2nc(C(F)(F)F)[nH]c12. The molecule has 0 bridgehead atoms. The molecule has 154 valence electrons. The lowest BCUT2D eigenvalue weighted by Crippen LogP contribution is -2.07. The van der Waals surface area contributed by atoms with Crippen LogP contribution in [0.15, 0.2) is 6.07 Å². The molecular formula is C16H20F3N5O4. The molecule has 0 radical (unpaired) electrons. The number of nitro groups is 2. The topological polar surface area (TPSA) is 127 Å². The predicted octanol–water partition coefficient (Wildman–Crippen LogP) is 5.17. The molecule has 0 amide bonds. The van der Waals surface area contributed by atoms with E-state index in [-0.39, 0.29) is 12.2 Å². The first-order valence-corrected chi connectivity index (χ1v) is 8.83. The summed E-state index contributed by atoms with van der Waals surface area (Å²) in [5.74, 6) is -1.45. The Hall–Kier alpha value is -2.92. The van der Waals surface area contributed by atoms with Gasteiger partial charge in [0, 0.05) is 6.54 Å². The largest absolute Gasteiger partial charge is 0.449 e. The first kappa shape index (κ1) is 21.4. The van der Waals surface area contributed by atoms with Crippen LogP contribution in [0.3, 0.4) is 0 Å². The van der Waals surface area contributed by atoms with E-state index >= 15 is 0 Å². The Morgan fingerprint density at radius 2 is 1.68 bits per heavy atom. The minimum atomic E-state index is -4.88. The van der Waals surface area contributed by atoms with Gasteiger partial charge in [-0.25, -0.2) is 4.98 Å². The van der Waals surface area contributed by atoms with Crippen LogP contribution in [-0.4, -0.2) is 26.4 Å². The van der Waals surface area contributed by atoms with E-state index in [9.17, 15) is 33.4 Å². The van der Waals surface area contributed by atoms with Crippen LogP contribution in [0.25, 0.3) is 11.0 Å². The van der Waals surface area contributed by atoms with Crippen molar-refractivity contribution in [2.24, 2.45) is 0 Å². The van der Waals surface area contributed by atoms with E-state index < -0.39 is 44.3 Å². The van der Waals surface area contributed by atoms with Crippen molar-refractivity contribution >= 4 is 28.1 Å². The summed E-state index contributed by atoms with van der Waals surface area (Å²) in [6, 6.07) is 0.632. The van der Waals surface area contributed by atoms with Crippen molar-refractivity contribution in [1.82, 2.24) is 9.97 Å². The van der Waals surface area contributed by atoms with Gasteiger partial charge in [0.05, 0.1) is 15.9 Å². The van der Waals surface area contributed by atoms with Gasteiger partial charge in [-0.15, -0.1) is 0 Å². The molecule has 1 heterocycles. The lowest BCUT2D eigenvalue weighted by Gasteiger charge is -2.08. The summed E-state index contributed by atoms with van der Waals surface area (Å²) < 4.78 is 39.0. The van der Waals surface area contributed by atoms with Crippen molar-refractivity contribution in [2.45, 2.75) is 51.6 Å². The molecule has 12 heteroatoms. The van der Waals surface area contributed by atoms with E-state index in [4.69, 9.17) is 0 Å². The Balaban J connectivity index is 2.37. The van der Waals surface area contributed by atoms with Gasteiger partial charge in [-0.3, -0.25) is 20.2 Å². The van der Waals surface area contributed by atoms with E-state index in [1.165, 1.54) is 0 Å². The third-order valence-corrected chi connectivity index (χ3v) is 4.22. The molecule has 0 aliphatic carbocycles. The minimum absolute atomic E-state index is 0.234. The minimum Gasteiger partial charge on any atom is -0.378 e. The second kappa shape index (κ2) is 8.85. The maximum atomic E-state index is 13.0. The van der Waals surface area contributed by atoms with Crippen molar-refractivity contribution in [3.05, 3.63) is 32.1 Å². The van der Waals surface area contributed by atoms with E-state index in [1.54, 1.807) is 0 Å². The van der Waals surface area contributed by atoms with E-state index in [0.29, 0.717) is 12.5 Å². The molecule has 0 saturated heterocycles. The van der Waals surface area contributed by atoms with Crippen LogP contribution in [-0.2, 0) is 6.18 Å². The number of hydrogen-bond acceptors (Lipinski definition) is 6. The van der Waals surface area contributed by atoms with E-state index in [2.05, 4.69) is 17.2 Å². The maximum absolute atomic E-state index is 13.0. The van der Waals surface area contributed by atoms with Crippen LogP contribution in [0.1, 0.15) is 51.3 Å². The van der Waals surface area contributed by atoms with Crippen LogP contribution in [0.4, 0.5) is 30.2 Å². The summed E-state index contributed by atoms with van der Waals surface area (Å²) in [7, 11) is 0. The Morgan fingerprint density at radius 1 is 1.07 bits per heavy atom. The van der Waals surface area contributed by atoms with Gasteiger partial charge in [-0.2, -0.15) is 13.2 Å². The Bertz CT molecular complexity index is 866. The van der Waals surface area contributed by atoms with Crippen LogP contribution in [0, 0.1) is 20.2 Å². The van der Waals surface area contributed by atoms with Crippen molar-refractivity contribution in [3.63, 3.8) is 0 Å². The van der Waals surface area contributed by atoms with Crippen molar-refractivity contribution < 1.29 is 23.0 Å². The van der Waals surface area contributed by atoms with E-state index in [1.807, 2.05) is 4.98 Å². The summed E-state index contributed by atoms with van der Waals surface area (Å²) >= 11 is 0. The third kappa shape index (κ3) is 4.87. The molecule has 0 spiro atoms. The molecule has 0 aliphatic rings. The number of non-ortho nitro benzene ring substituents is 1. The first-order valence-electron chi connectivity index (χ1n) is 8.83. The zero-order valence-corrected chi connectivity index (χ0v) is 15.1. The molecule has 0 aliphatic heterocycles. The number of H-pyrrole nitrogens is 1. The summed E-state index contributed by atoms with van der Waals surface area (Å²) in [5.41, 5.74) is -2.75. The highest BCUT2D eigenvalue weighted by Crippen LogP contribution is 2.40. The Morgan fingerprint density at radius 3 is 2.25 bits per heavy atom. The summed E-state index contributed by atoms with van der Waals surface area (Å²) in [6.07, 6.45) is 0.873. The molecule has 9 nitrogen and oxygen atoms in total. The lowest BCUT2D eigenvalue weighted by atomic mass is 10.1. The van der Waals surface area contributed by atoms with Crippen molar-refractivity contribution in [3.8, 4) is 0 Å². The third-order valence-electron chi connectivity index (χ3n) is 4.22. The highest BCUT2D eigenvalue weighted by molar-refractivity contribution is 5.99. The molecule has 1 aromatic heterocycles. The fraction of sp³-hybridized carbons (Fsp3) is 0.562. The number of benzene rings is 1. The number of halogens is 3. The van der Waals surface area contributed by atoms with Crippen LogP contribution >= 0.6 is 0 Å². The normalized spacial score (nSPS) is 11.7. The standard InChI is InChI=1S/C16H20F3N5O4/c1-2-3-4-5-6-7-8-20-12-10(23(25)26)9-11(24(27)28)13-14(12)22-15(21-13)16(17,18)19/h9,20H,2-8H2,1H3,(H,21,22). The van der Waals surface area contributed by atoms with Crippen LogP contribution < -0.4 is 5.32 Å². The van der Waals surface area contributed by atoms with Crippen LogP contribution in [0.5, 0.6) is 0 Å². The highest BCUT2D eigenvalue weighted by atomic mass is 19.4. The fourth-order valence-electron chi connectivity index (χ4n) is 2.85. The zero-order valence-electron chi connectivity index (χ0n) is 15.1. The maximum Gasteiger partial charge on any atom is 0.449 e. The quantitative estimate of drug-likeness (QED) is 0.320. The number of aromatic nitrogens is 2. The van der Waals surface area contributed by atoms with Gasteiger partial charge < -0.3 is 10.3 Å². The number of rotatable bonds is 10. The molecule has 0 fully saturated rings. The van der Waals surface area contributed by atoms with Crippen molar-refractivity contribution in [2.75, 3.05) is 11.9 Å². The zero-order chi connectivity index (χ0) is 20.9. The predicted molar refractivity (Wildman–Crippen MR) is 96.3 cm³/mol. The number of anilines is 1. The highest BCUT2D eigenvalue weighted by Gasteiger charge is 2.38. The fourth-order valence-corrected chi connectivity index (χ4v) is 2.85. The summed E-state index contributed by atoms with van der Waals surface area (Å²) in [5, 5.41) is 25.3. The molecular weight excluding hydrogens is 383 g/mol. The van der Waals surface area contributed by atoms with Gasteiger partial charge in [-0.05, 0) is 6.42 Å². The van der Waals surface area contributed by atoms with Crippen molar-refractivity contribution in [1.29, 1.82) is 0 Å². The average Bonchev–Trinajstić information content (AvgIpc) is 3.05. The second-order valence-corrected chi connectivity index (χ2v) is 6.31. The summed E-state index contributed by atoms with van der Waals surface area (Å²) in [6.45, 7) is 2.36. The lowest BCUT2D eigenvalue weighted by molar-refractivity contribution is -0.392. The molecule has 2 rings (SSSR count). The number of nitrogens with zero attached hydrogens (tertiary/aromatic N) is 3. The first-order chi connectivity index (χ1) is 13.2. The van der Waals surface area contributed by atoms with Gasteiger partial charge in [0.25, 0.3) is 0 Å². The molecule has 2 N–H and O–H groups in total. The van der Waals surface area contributed by atoms with Gasteiger partial charge in [0.15, 0.2) is 5.52 Å². The molecule has 2 aromatic rings. The number of fused-ring (bicyclic) bond motifs is 1. The van der Waals surface area contributed by atoms with Crippen LogP contribution in [0.2, 0.25) is 0 Å². The number of alkyl halides is 3. The number of imidazole rings is 1. The van der Waals surface area contributed by atoms with E-state index in [0.717, 1.165) is 32.1 Å². The molecule has 28 heavy (non-hydrogen) atoms. The summed E-state index contributed by atoms with van der Waals surface area (Å²) in [4.78, 5) is 25.9. The van der Waals surface area contributed by atoms with Gasteiger partial charge in [0.1, 0.15) is 11.2 Å².